The van der Waals surface area contributed by atoms with Crippen molar-refractivity contribution in [3.8, 4) is 27.9 Å². The second-order valence-electron chi connectivity index (χ2n) is 11.3. The number of pyridine rings is 2. The highest BCUT2D eigenvalue weighted by molar-refractivity contribution is 5.99. The maximum Gasteiger partial charge on any atom is 0.213 e. The van der Waals surface area contributed by atoms with E-state index in [9.17, 15) is 0 Å². The molecule has 2 heteroatoms. The minimum atomic E-state index is -0.0482. The van der Waals surface area contributed by atoms with Gasteiger partial charge in [0.2, 0.25) is 11.2 Å². The predicted octanol–water partition coefficient (Wildman–Crippen LogP) is 8.35. The highest BCUT2D eigenvalue weighted by Gasteiger charge is 2.39. The van der Waals surface area contributed by atoms with Gasteiger partial charge in [0.1, 0.15) is 6.54 Å². The van der Waals surface area contributed by atoms with Crippen LogP contribution >= 0.6 is 0 Å². The van der Waals surface area contributed by atoms with Gasteiger partial charge in [-0.05, 0) is 40.8 Å². The number of rotatable bonds is 8. The van der Waals surface area contributed by atoms with E-state index in [1.165, 1.54) is 82.1 Å². The van der Waals surface area contributed by atoms with Gasteiger partial charge in [0, 0.05) is 53.3 Å². The van der Waals surface area contributed by atoms with Gasteiger partial charge in [-0.25, -0.2) is 0 Å². The molecule has 0 unspecified atom stereocenters. The zero-order chi connectivity index (χ0) is 26.1. The van der Waals surface area contributed by atoms with Crippen molar-refractivity contribution >= 4 is 10.9 Å². The third-order valence-electron chi connectivity index (χ3n) is 8.39. The Balaban J connectivity index is 1.38. The van der Waals surface area contributed by atoms with E-state index in [0.29, 0.717) is 0 Å². The number of para-hydroxylation sites is 2. The fraction of sp³-hybridized carbons (Fsp3) is 0.278. The third-order valence-corrected chi connectivity index (χ3v) is 8.39. The van der Waals surface area contributed by atoms with Crippen LogP contribution in [-0.2, 0) is 12.0 Å². The molecule has 0 saturated carbocycles. The van der Waals surface area contributed by atoms with Gasteiger partial charge in [0.25, 0.3) is 0 Å². The highest BCUT2D eigenvalue weighted by atomic mass is 14.9. The number of hydrogen-bond donors (Lipinski definition) is 0. The van der Waals surface area contributed by atoms with Crippen LogP contribution in [0.1, 0.15) is 64.0 Å². The number of unbranched alkanes of at least 4 members (excludes halogenated alkanes) is 4. The molecule has 2 aromatic heterocycles. The smallest absolute Gasteiger partial charge is 0.198 e. The van der Waals surface area contributed by atoms with E-state index in [1.807, 2.05) is 0 Å². The number of aryl methyl sites for hydroxylation is 1. The third kappa shape index (κ3) is 4.32. The molecule has 6 rings (SSSR count). The van der Waals surface area contributed by atoms with Crippen LogP contribution in [0.15, 0.2) is 104 Å². The summed E-state index contributed by atoms with van der Waals surface area (Å²) in [6, 6.07) is 31.0. The summed E-state index contributed by atoms with van der Waals surface area (Å²) in [6.45, 7) is 8.17. The minimum absolute atomic E-state index is 0.0482. The van der Waals surface area contributed by atoms with Crippen LogP contribution in [0.4, 0.5) is 0 Å². The summed E-state index contributed by atoms with van der Waals surface area (Å²) in [5.41, 5.74) is 10.7. The molecule has 2 nitrogen and oxygen atoms in total. The van der Waals surface area contributed by atoms with E-state index >= 15 is 0 Å². The molecule has 0 radical (unpaired) electrons. The molecule has 3 aromatic carbocycles. The van der Waals surface area contributed by atoms with Crippen LogP contribution < -0.4 is 9.13 Å². The van der Waals surface area contributed by atoms with Crippen molar-refractivity contribution in [2.45, 2.75) is 64.8 Å². The molecule has 0 N–H and O–H groups in total. The predicted molar refractivity (Wildman–Crippen MR) is 157 cm³/mol. The van der Waals surface area contributed by atoms with Crippen molar-refractivity contribution in [3.63, 3.8) is 0 Å². The van der Waals surface area contributed by atoms with Crippen LogP contribution in [0, 0.1) is 0 Å². The molecule has 2 heterocycles. The maximum atomic E-state index is 2.52. The van der Waals surface area contributed by atoms with Gasteiger partial charge in [-0.3, -0.25) is 0 Å². The number of fused-ring (bicyclic) bond motifs is 5. The Morgan fingerprint density at radius 3 is 2.21 bits per heavy atom. The van der Waals surface area contributed by atoms with Crippen LogP contribution in [0.25, 0.3) is 38.8 Å². The van der Waals surface area contributed by atoms with E-state index in [2.05, 4.69) is 133 Å². The standard InChI is InChI=1S/C36H38N2/c1-4-5-6-7-13-22-38-26-33-35(31-16-11-12-17-34(31)38)30-19-18-28(25-32(30)36(33,2)3)27-20-23-37(24-21-27)29-14-9-8-10-15-29/h8-12,14-21,23-26H,4-7,13,22H2,1-3H3/q+2. The van der Waals surface area contributed by atoms with Crippen molar-refractivity contribution in [2.24, 2.45) is 0 Å². The zero-order valence-corrected chi connectivity index (χ0v) is 23.0. The monoisotopic (exact) mass is 498 g/mol. The lowest BCUT2D eigenvalue weighted by Crippen LogP contribution is -2.36. The summed E-state index contributed by atoms with van der Waals surface area (Å²) in [7, 11) is 0. The Morgan fingerprint density at radius 1 is 0.684 bits per heavy atom. The number of hydrogen-bond acceptors (Lipinski definition) is 0. The lowest BCUT2D eigenvalue weighted by Gasteiger charge is -2.21. The molecule has 1 aliphatic rings. The van der Waals surface area contributed by atoms with Gasteiger partial charge in [-0.2, -0.15) is 9.13 Å². The van der Waals surface area contributed by atoms with Crippen LogP contribution in [0.5, 0.6) is 0 Å². The SMILES string of the molecule is CCCCCCC[n+]1cc2c(c3ccccc31)-c1ccc(-c3cc[n+](-c4ccccc4)cc3)cc1C2(C)C. The first-order chi connectivity index (χ1) is 18.6. The average Bonchev–Trinajstić information content (AvgIpc) is 3.19. The first-order valence-corrected chi connectivity index (χ1v) is 14.3. The molecule has 0 fully saturated rings. The lowest BCUT2D eigenvalue weighted by atomic mass is 9.82. The quantitative estimate of drug-likeness (QED) is 0.150. The normalized spacial score (nSPS) is 13.4. The molecule has 190 valence electrons. The van der Waals surface area contributed by atoms with E-state index in [4.69, 9.17) is 0 Å². The molecule has 0 aliphatic heterocycles. The Kier molecular flexibility index (Phi) is 6.57. The van der Waals surface area contributed by atoms with Crippen molar-refractivity contribution in [2.75, 3.05) is 0 Å². The van der Waals surface area contributed by atoms with Gasteiger partial charge >= 0.3 is 0 Å². The Bertz CT molecular complexity index is 1580. The first-order valence-electron chi connectivity index (χ1n) is 14.3. The van der Waals surface area contributed by atoms with E-state index in [0.717, 1.165) is 6.54 Å². The first kappa shape index (κ1) is 24.6. The summed E-state index contributed by atoms with van der Waals surface area (Å²) in [5.74, 6) is 0. The lowest BCUT2D eigenvalue weighted by molar-refractivity contribution is -0.672. The fourth-order valence-electron chi connectivity index (χ4n) is 6.20. The molecule has 0 spiro atoms. The molecule has 0 saturated heterocycles. The minimum Gasteiger partial charge on any atom is -0.198 e. The van der Waals surface area contributed by atoms with Crippen LogP contribution in [0.2, 0.25) is 0 Å². The topological polar surface area (TPSA) is 7.76 Å². The summed E-state index contributed by atoms with van der Waals surface area (Å²) in [4.78, 5) is 0. The Labute approximate surface area is 227 Å². The van der Waals surface area contributed by atoms with Crippen molar-refractivity contribution in [1.29, 1.82) is 0 Å². The summed E-state index contributed by atoms with van der Waals surface area (Å²) < 4.78 is 4.69. The molecule has 38 heavy (non-hydrogen) atoms. The Hall–Kier alpha value is -3.78. The molecule has 0 amide bonds. The second-order valence-corrected chi connectivity index (χ2v) is 11.3. The molecular formula is C36H38N2+2. The van der Waals surface area contributed by atoms with E-state index < -0.39 is 0 Å². The summed E-state index contributed by atoms with van der Waals surface area (Å²) in [6.07, 6.45) is 13.3. The molecule has 0 atom stereocenters. The van der Waals surface area contributed by atoms with E-state index in [-0.39, 0.29) is 5.41 Å². The fourth-order valence-corrected chi connectivity index (χ4v) is 6.20. The molecule has 0 bridgehead atoms. The highest BCUT2D eigenvalue weighted by Crippen LogP contribution is 2.51. The summed E-state index contributed by atoms with van der Waals surface area (Å²) >= 11 is 0. The van der Waals surface area contributed by atoms with Crippen molar-refractivity contribution < 1.29 is 9.13 Å². The van der Waals surface area contributed by atoms with Crippen LogP contribution in [-0.4, -0.2) is 0 Å². The average molecular weight is 499 g/mol. The largest absolute Gasteiger partial charge is 0.213 e. The van der Waals surface area contributed by atoms with Crippen LogP contribution in [0.3, 0.4) is 0 Å². The Morgan fingerprint density at radius 2 is 1.42 bits per heavy atom. The van der Waals surface area contributed by atoms with Gasteiger partial charge in [0.15, 0.2) is 18.6 Å². The van der Waals surface area contributed by atoms with Crippen molar-refractivity contribution in [1.82, 2.24) is 0 Å². The van der Waals surface area contributed by atoms with Gasteiger partial charge < -0.3 is 0 Å². The molecule has 1 aliphatic carbocycles. The second kappa shape index (κ2) is 10.2. The summed E-state index contributed by atoms with van der Waals surface area (Å²) in [5, 5.41) is 1.38. The van der Waals surface area contributed by atoms with E-state index in [1.54, 1.807) is 0 Å². The number of nitrogens with zero attached hydrogens (tertiary/aromatic N) is 2. The molecule has 5 aromatic rings. The van der Waals surface area contributed by atoms with Gasteiger partial charge in [-0.15, -0.1) is 0 Å². The number of aromatic nitrogens is 2. The number of benzene rings is 3. The van der Waals surface area contributed by atoms with Gasteiger partial charge in [0.05, 0.1) is 5.39 Å². The maximum absolute atomic E-state index is 2.52. The van der Waals surface area contributed by atoms with Crippen molar-refractivity contribution in [3.05, 3.63) is 115 Å². The molecular weight excluding hydrogens is 460 g/mol. The zero-order valence-electron chi connectivity index (χ0n) is 23.0. The van der Waals surface area contributed by atoms with Gasteiger partial charge in [-0.1, -0.05) is 82.5 Å².